The Bertz CT molecular complexity index is 383. The smallest absolute Gasteiger partial charge is 0.172 e. The second kappa shape index (κ2) is 3.59. The van der Waals surface area contributed by atoms with Crippen molar-refractivity contribution in [1.29, 1.82) is 0 Å². The van der Waals surface area contributed by atoms with Crippen LogP contribution in [0.1, 0.15) is 25.7 Å². The van der Waals surface area contributed by atoms with Crippen molar-refractivity contribution in [3.8, 4) is 0 Å². The normalized spacial score (nSPS) is 33.1. The van der Waals surface area contributed by atoms with Crippen LogP contribution in [0.3, 0.4) is 0 Å². The lowest BCUT2D eigenvalue weighted by molar-refractivity contribution is 0.126. The highest BCUT2D eigenvalue weighted by molar-refractivity contribution is 5.59. The van der Waals surface area contributed by atoms with Crippen molar-refractivity contribution in [3.63, 3.8) is 0 Å². The zero-order chi connectivity index (χ0) is 11.1. The Kier molecular flexibility index (Phi) is 2.21. The van der Waals surface area contributed by atoms with E-state index in [0.29, 0.717) is 17.9 Å². The van der Waals surface area contributed by atoms with E-state index >= 15 is 0 Å². The molecule has 2 atom stereocenters. The number of fused-ring (bicyclic) bond motifs is 2. The average Bonchev–Trinajstić information content (AvgIpc) is 2.53. The number of anilines is 2. The standard InChI is InChI=1S/C11H16N4O/c12-10-11(14-4-3-13-10)15-7-1-2-8(15)6-9(16)5-7/h3-4,7-9,16H,1-2,5-6H2,(H2,12,13). The van der Waals surface area contributed by atoms with Gasteiger partial charge in [-0.05, 0) is 25.7 Å². The third-order valence-electron chi connectivity index (χ3n) is 3.66. The third kappa shape index (κ3) is 1.43. The first-order chi connectivity index (χ1) is 7.75. The molecule has 2 bridgehead atoms. The molecule has 0 aromatic carbocycles. The van der Waals surface area contributed by atoms with Gasteiger partial charge in [0.15, 0.2) is 11.6 Å². The number of piperidine rings is 1. The predicted octanol–water partition coefficient (Wildman–Crippen LogP) is 0.551. The summed E-state index contributed by atoms with van der Waals surface area (Å²) in [5.74, 6) is 1.29. The van der Waals surface area contributed by atoms with Crippen molar-refractivity contribution >= 4 is 11.6 Å². The van der Waals surface area contributed by atoms with Gasteiger partial charge in [0, 0.05) is 24.5 Å². The summed E-state index contributed by atoms with van der Waals surface area (Å²) in [6, 6.07) is 0.764. The molecule has 3 N–H and O–H groups in total. The number of rotatable bonds is 1. The molecular weight excluding hydrogens is 204 g/mol. The van der Waals surface area contributed by atoms with Gasteiger partial charge in [-0.1, -0.05) is 0 Å². The molecule has 5 nitrogen and oxygen atoms in total. The van der Waals surface area contributed by atoms with Gasteiger partial charge in [0.1, 0.15) is 0 Å². The molecule has 2 saturated heterocycles. The van der Waals surface area contributed by atoms with Crippen molar-refractivity contribution in [2.75, 3.05) is 10.6 Å². The van der Waals surface area contributed by atoms with Gasteiger partial charge < -0.3 is 15.7 Å². The summed E-state index contributed by atoms with van der Waals surface area (Å²) in [4.78, 5) is 10.7. The number of aliphatic hydroxyl groups excluding tert-OH is 1. The minimum absolute atomic E-state index is 0.161. The van der Waals surface area contributed by atoms with Crippen LogP contribution in [-0.4, -0.2) is 33.3 Å². The summed E-state index contributed by atoms with van der Waals surface area (Å²) in [6.45, 7) is 0. The highest BCUT2D eigenvalue weighted by Gasteiger charge is 2.41. The quantitative estimate of drug-likeness (QED) is 0.723. The molecule has 86 valence electrons. The molecule has 2 aliphatic heterocycles. The zero-order valence-corrected chi connectivity index (χ0v) is 9.08. The van der Waals surface area contributed by atoms with Crippen molar-refractivity contribution in [2.45, 2.75) is 43.9 Å². The Hall–Kier alpha value is -1.36. The van der Waals surface area contributed by atoms with Crippen molar-refractivity contribution in [1.82, 2.24) is 9.97 Å². The van der Waals surface area contributed by atoms with Gasteiger partial charge in [0.2, 0.25) is 0 Å². The van der Waals surface area contributed by atoms with Gasteiger partial charge in [-0.2, -0.15) is 0 Å². The molecule has 3 rings (SSSR count). The molecule has 0 aliphatic carbocycles. The van der Waals surface area contributed by atoms with Crippen molar-refractivity contribution in [3.05, 3.63) is 12.4 Å². The summed E-state index contributed by atoms with van der Waals surface area (Å²) in [5.41, 5.74) is 5.86. The number of hydrogen-bond donors (Lipinski definition) is 2. The molecule has 1 aromatic heterocycles. The maximum absolute atomic E-state index is 9.73. The first kappa shape index (κ1) is 9.84. The van der Waals surface area contributed by atoms with Gasteiger partial charge in [-0.3, -0.25) is 0 Å². The van der Waals surface area contributed by atoms with Gasteiger partial charge in [-0.15, -0.1) is 0 Å². The maximum Gasteiger partial charge on any atom is 0.172 e. The SMILES string of the molecule is Nc1nccnc1N1C2CCC1CC(O)C2. The van der Waals surface area contributed by atoms with Crippen LogP contribution in [0.25, 0.3) is 0 Å². The Morgan fingerprint density at radius 1 is 1.19 bits per heavy atom. The van der Waals surface area contributed by atoms with E-state index in [0.717, 1.165) is 31.5 Å². The molecular formula is C11H16N4O. The fourth-order valence-corrected chi connectivity index (χ4v) is 3.03. The number of nitrogen functional groups attached to an aromatic ring is 1. The highest BCUT2D eigenvalue weighted by atomic mass is 16.3. The molecule has 16 heavy (non-hydrogen) atoms. The Balaban J connectivity index is 1.94. The topological polar surface area (TPSA) is 75.3 Å². The van der Waals surface area contributed by atoms with Crippen molar-refractivity contribution < 1.29 is 5.11 Å². The van der Waals surface area contributed by atoms with E-state index in [1.165, 1.54) is 0 Å². The first-order valence-corrected chi connectivity index (χ1v) is 5.78. The fourth-order valence-electron chi connectivity index (χ4n) is 3.03. The molecule has 0 saturated carbocycles. The van der Waals surface area contributed by atoms with E-state index in [9.17, 15) is 5.11 Å². The molecule has 2 fully saturated rings. The summed E-state index contributed by atoms with van der Waals surface area (Å²) in [7, 11) is 0. The molecule has 0 radical (unpaired) electrons. The van der Waals surface area contributed by atoms with Gasteiger partial charge in [0.25, 0.3) is 0 Å². The van der Waals surface area contributed by atoms with Crippen LogP contribution >= 0.6 is 0 Å². The highest BCUT2D eigenvalue weighted by Crippen LogP contribution is 2.39. The number of aliphatic hydroxyl groups is 1. The first-order valence-electron chi connectivity index (χ1n) is 5.78. The average molecular weight is 220 g/mol. The number of aromatic nitrogens is 2. The molecule has 3 heterocycles. The summed E-state index contributed by atoms with van der Waals surface area (Å²) in [6.07, 6.45) is 7.02. The fraction of sp³-hybridized carbons (Fsp3) is 0.636. The lowest BCUT2D eigenvalue weighted by Crippen LogP contribution is -2.45. The van der Waals surface area contributed by atoms with Crippen LogP contribution in [0.4, 0.5) is 11.6 Å². The van der Waals surface area contributed by atoms with Crippen LogP contribution in [0, 0.1) is 0 Å². The molecule has 0 spiro atoms. The van der Waals surface area contributed by atoms with Crippen LogP contribution in [0.2, 0.25) is 0 Å². The number of nitrogens with two attached hydrogens (primary N) is 1. The molecule has 2 aliphatic rings. The summed E-state index contributed by atoms with van der Waals surface area (Å²) in [5, 5.41) is 9.73. The Morgan fingerprint density at radius 3 is 2.44 bits per heavy atom. The van der Waals surface area contributed by atoms with Gasteiger partial charge in [0.05, 0.1) is 6.10 Å². The molecule has 2 unspecified atom stereocenters. The minimum atomic E-state index is -0.161. The zero-order valence-electron chi connectivity index (χ0n) is 9.08. The van der Waals surface area contributed by atoms with E-state index in [4.69, 9.17) is 5.73 Å². The second-order valence-corrected chi connectivity index (χ2v) is 4.68. The molecule has 0 amide bonds. The Labute approximate surface area is 94.3 Å². The third-order valence-corrected chi connectivity index (χ3v) is 3.66. The summed E-state index contributed by atoms with van der Waals surface area (Å²) >= 11 is 0. The molecule has 1 aromatic rings. The lowest BCUT2D eigenvalue weighted by Gasteiger charge is -2.38. The lowest BCUT2D eigenvalue weighted by atomic mass is 10.00. The van der Waals surface area contributed by atoms with Crippen LogP contribution in [0.5, 0.6) is 0 Å². The van der Waals surface area contributed by atoms with E-state index in [2.05, 4.69) is 14.9 Å². The second-order valence-electron chi connectivity index (χ2n) is 4.68. The van der Waals surface area contributed by atoms with Crippen molar-refractivity contribution in [2.24, 2.45) is 0 Å². The number of hydrogen-bond acceptors (Lipinski definition) is 5. The van der Waals surface area contributed by atoms with Crippen LogP contribution in [0.15, 0.2) is 12.4 Å². The number of nitrogens with zero attached hydrogens (tertiary/aromatic N) is 3. The van der Waals surface area contributed by atoms with Crippen LogP contribution < -0.4 is 10.6 Å². The molecule has 5 heteroatoms. The van der Waals surface area contributed by atoms with E-state index < -0.39 is 0 Å². The van der Waals surface area contributed by atoms with Crippen LogP contribution in [-0.2, 0) is 0 Å². The predicted molar refractivity (Wildman–Crippen MR) is 61.0 cm³/mol. The largest absolute Gasteiger partial charge is 0.393 e. The van der Waals surface area contributed by atoms with E-state index in [1.54, 1.807) is 12.4 Å². The monoisotopic (exact) mass is 220 g/mol. The van der Waals surface area contributed by atoms with E-state index in [-0.39, 0.29) is 6.10 Å². The van der Waals surface area contributed by atoms with Gasteiger partial charge in [-0.25, -0.2) is 9.97 Å². The van der Waals surface area contributed by atoms with Gasteiger partial charge >= 0.3 is 0 Å². The summed E-state index contributed by atoms with van der Waals surface area (Å²) < 4.78 is 0. The maximum atomic E-state index is 9.73. The minimum Gasteiger partial charge on any atom is -0.393 e. The van der Waals surface area contributed by atoms with E-state index in [1.807, 2.05) is 0 Å². The Morgan fingerprint density at radius 2 is 1.81 bits per heavy atom.